The van der Waals surface area contributed by atoms with Crippen molar-refractivity contribution in [3.05, 3.63) is 0 Å². The van der Waals surface area contributed by atoms with Crippen molar-refractivity contribution in [3.8, 4) is 0 Å². The lowest BCUT2D eigenvalue weighted by Gasteiger charge is -2.23. The summed E-state index contributed by atoms with van der Waals surface area (Å²) in [6.07, 6.45) is 5.42. The van der Waals surface area contributed by atoms with Crippen LogP contribution in [0.4, 0.5) is 0 Å². The van der Waals surface area contributed by atoms with Crippen molar-refractivity contribution < 1.29 is 9.53 Å². The number of hydrogen-bond acceptors (Lipinski definition) is 3. The van der Waals surface area contributed by atoms with Gasteiger partial charge in [0.2, 0.25) is 5.91 Å². The van der Waals surface area contributed by atoms with Crippen molar-refractivity contribution in [2.75, 3.05) is 19.8 Å². The first-order chi connectivity index (χ1) is 7.77. The Morgan fingerprint density at radius 3 is 2.81 bits per heavy atom. The molecule has 1 aliphatic heterocycles. The Morgan fingerprint density at radius 2 is 2.19 bits per heavy atom. The second-order valence-corrected chi connectivity index (χ2v) is 5.01. The van der Waals surface area contributed by atoms with E-state index in [4.69, 9.17) is 10.5 Å². The van der Waals surface area contributed by atoms with E-state index in [-0.39, 0.29) is 17.9 Å². The molecule has 0 aromatic rings. The molecule has 0 spiro atoms. The normalized spacial score (nSPS) is 34.9. The molecule has 0 aromatic heterocycles. The van der Waals surface area contributed by atoms with Crippen LogP contribution in [0.3, 0.4) is 0 Å². The van der Waals surface area contributed by atoms with Crippen LogP contribution in [0, 0.1) is 11.8 Å². The highest BCUT2D eigenvalue weighted by Crippen LogP contribution is 2.23. The van der Waals surface area contributed by atoms with Crippen LogP contribution in [-0.4, -0.2) is 31.7 Å². The highest BCUT2D eigenvalue weighted by Gasteiger charge is 2.26. The van der Waals surface area contributed by atoms with Gasteiger partial charge in [-0.05, 0) is 31.6 Å². The number of hydrogen-bond donors (Lipinski definition) is 2. The molecular formula is C12H22N2O2. The molecule has 1 saturated heterocycles. The maximum absolute atomic E-state index is 11.8. The van der Waals surface area contributed by atoms with Crippen molar-refractivity contribution in [1.82, 2.24) is 5.32 Å². The molecule has 3 unspecified atom stereocenters. The van der Waals surface area contributed by atoms with Gasteiger partial charge >= 0.3 is 0 Å². The minimum Gasteiger partial charge on any atom is -0.381 e. The molecule has 0 radical (unpaired) electrons. The van der Waals surface area contributed by atoms with Gasteiger partial charge in [0.05, 0.1) is 12.5 Å². The third-order valence-electron chi connectivity index (χ3n) is 3.79. The molecule has 1 saturated carbocycles. The van der Waals surface area contributed by atoms with Crippen molar-refractivity contribution in [3.63, 3.8) is 0 Å². The van der Waals surface area contributed by atoms with Crippen LogP contribution < -0.4 is 11.1 Å². The summed E-state index contributed by atoms with van der Waals surface area (Å²) in [6.45, 7) is 2.14. The Morgan fingerprint density at radius 1 is 1.31 bits per heavy atom. The summed E-state index contributed by atoms with van der Waals surface area (Å²) >= 11 is 0. The van der Waals surface area contributed by atoms with E-state index in [0.29, 0.717) is 12.5 Å². The molecule has 0 bridgehead atoms. The number of ether oxygens (including phenoxy) is 1. The van der Waals surface area contributed by atoms with Gasteiger partial charge in [0.25, 0.3) is 0 Å². The molecule has 1 aliphatic carbocycles. The number of amides is 1. The maximum atomic E-state index is 11.8. The van der Waals surface area contributed by atoms with Gasteiger partial charge in [-0.3, -0.25) is 4.79 Å². The SMILES string of the molecule is NC1CCCC1CNC(=O)C1CCCOC1. The van der Waals surface area contributed by atoms with Gasteiger partial charge < -0.3 is 15.8 Å². The quantitative estimate of drug-likeness (QED) is 0.743. The average Bonchev–Trinajstić information content (AvgIpc) is 2.73. The number of carbonyl (C=O) groups is 1. The number of rotatable bonds is 3. The molecule has 3 N–H and O–H groups in total. The summed E-state index contributed by atoms with van der Waals surface area (Å²) < 4.78 is 5.31. The number of nitrogens with one attached hydrogen (secondary N) is 1. The second-order valence-electron chi connectivity index (χ2n) is 5.01. The van der Waals surface area contributed by atoms with E-state index in [1.165, 1.54) is 6.42 Å². The lowest BCUT2D eigenvalue weighted by atomic mass is 10.00. The van der Waals surface area contributed by atoms with E-state index >= 15 is 0 Å². The Balaban J connectivity index is 1.70. The first-order valence-corrected chi connectivity index (χ1v) is 6.38. The van der Waals surface area contributed by atoms with E-state index in [1.54, 1.807) is 0 Å². The summed E-state index contributed by atoms with van der Waals surface area (Å²) in [4.78, 5) is 11.8. The fourth-order valence-electron chi connectivity index (χ4n) is 2.64. The second kappa shape index (κ2) is 5.64. The molecule has 16 heavy (non-hydrogen) atoms. The highest BCUT2D eigenvalue weighted by molar-refractivity contribution is 5.78. The molecule has 2 aliphatic rings. The molecule has 3 atom stereocenters. The van der Waals surface area contributed by atoms with Crippen LogP contribution in [0.15, 0.2) is 0 Å². The minimum atomic E-state index is 0.0615. The van der Waals surface area contributed by atoms with Crippen LogP contribution in [0.5, 0.6) is 0 Å². The highest BCUT2D eigenvalue weighted by atomic mass is 16.5. The standard InChI is InChI=1S/C12H22N2O2/c13-11-5-1-3-9(11)7-14-12(15)10-4-2-6-16-8-10/h9-11H,1-8,13H2,(H,14,15). The molecule has 2 fully saturated rings. The van der Waals surface area contributed by atoms with Crippen molar-refractivity contribution in [1.29, 1.82) is 0 Å². The largest absolute Gasteiger partial charge is 0.381 e. The zero-order valence-corrected chi connectivity index (χ0v) is 9.78. The molecule has 0 aromatic carbocycles. The van der Waals surface area contributed by atoms with Crippen molar-refractivity contribution in [2.45, 2.75) is 38.1 Å². The summed E-state index contributed by atoms with van der Waals surface area (Å²) in [7, 11) is 0. The predicted molar refractivity (Wildman–Crippen MR) is 61.9 cm³/mol. The smallest absolute Gasteiger partial charge is 0.225 e. The van der Waals surface area contributed by atoms with Crippen molar-refractivity contribution >= 4 is 5.91 Å². The van der Waals surface area contributed by atoms with Gasteiger partial charge in [0.1, 0.15) is 0 Å². The Kier molecular flexibility index (Phi) is 4.18. The van der Waals surface area contributed by atoms with Gasteiger partial charge in [-0.2, -0.15) is 0 Å². The molecule has 2 rings (SSSR count). The first kappa shape index (κ1) is 11.9. The monoisotopic (exact) mass is 226 g/mol. The molecular weight excluding hydrogens is 204 g/mol. The molecule has 4 nitrogen and oxygen atoms in total. The first-order valence-electron chi connectivity index (χ1n) is 6.38. The van der Waals surface area contributed by atoms with Crippen LogP contribution in [0.2, 0.25) is 0 Å². The van der Waals surface area contributed by atoms with E-state index in [1.807, 2.05) is 0 Å². The van der Waals surface area contributed by atoms with Crippen LogP contribution in [0.1, 0.15) is 32.1 Å². The summed E-state index contributed by atoms with van der Waals surface area (Å²) in [6, 6.07) is 0.280. The zero-order chi connectivity index (χ0) is 11.4. The summed E-state index contributed by atoms with van der Waals surface area (Å²) in [5.41, 5.74) is 5.97. The Hall–Kier alpha value is -0.610. The molecule has 4 heteroatoms. The topological polar surface area (TPSA) is 64.3 Å². The number of carbonyl (C=O) groups excluding carboxylic acids is 1. The third kappa shape index (κ3) is 2.95. The van der Waals surface area contributed by atoms with Gasteiger partial charge in [-0.1, -0.05) is 6.42 Å². The van der Waals surface area contributed by atoms with E-state index in [0.717, 1.165) is 38.8 Å². The van der Waals surface area contributed by atoms with Crippen LogP contribution >= 0.6 is 0 Å². The summed E-state index contributed by atoms with van der Waals surface area (Å²) in [5.74, 6) is 0.693. The van der Waals surface area contributed by atoms with Gasteiger partial charge in [0.15, 0.2) is 0 Å². The van der Waals surface area contributed by atoms with E-state index in [9.17, 15) is 4.79 Å². The minimum absolute atomic E-state index is 0.0615. The van der Waals surface area contributed by atoms with Crippen molar-refractivity contribution in [2.24, 2.45) is 17.6 Å². The zero-order valence-electron chi connectivity index (χ0n) is 9.78. The van der Waals surface area contributed by atoms with Gasteiger partial charge in [-0.25, -0.2) is 0 Å². The lowest BCUT2D eigenvalue weighted by Crippen LogP contribution is -2.40. The lowest BCUT2D eigenvalue weighted by molar-refractivity contribution is -0.129. The predicted octanol–water partition coefficient (Wildman–Crippen LogP) is 0.657. The average molecular weight is 226 g/mol. The fourth-order valence-corrected chi connectivity index (χ4v) is 2.64. The summed E-state index contributed by atoms with van der Waals surface area (Å²) in [5, 5.41) is 3.03. The third-order valence-corrected chi connectivity index (χ3v) is 3.79. The number of nitrogens with two attached hydrogens (primary N) is 1. The van der Waals surface area contributed by atoms with Crippen LogP contribution in [0.25, 0.3) is 0 Å². The molecule has 1 heterocycles. The Bertz CT molecular complexity index is 239. The molecule has 92 valence electrons. The fraction of sp³-hybridized carbons (Fsp3) is 0.917. The van der Waals surface area contributed by atoms with E-state index in [2.05, 4.69) is 5.32 Å². The Labute approximate surface area is 96.9 Å². The van der Waals surface area contributed by atoms with E-state index < -0.39 is 0 Å². The van der Waals surface area contributed by atoms with Crippen LogP contribution in [-0.2, 0) is 9.53 Å². The maximum Gasteiger partial charge on any atom is 0.225 e. The van der Waals surface area contributed by atoms with Gasteiger partial charge in [-0.15, -0.1) is 0 Å². The molecule has 1 amide bonds. The van der Waals surface area contributed by atoms with Gasteiger partial charge in [0, 0.05) is 19.2 Å².